The smallest absolute Gasteiger partial charge is 0.0674 e. The van der Waals surface area contributed by atoms with E-state index in [0.717, 1.165) is 19.6 Å². The van der Waals surface area contributed by atoms with Crippen LogP contribution in [0.15, 0.2) is 40.6 Å². The molecule has 1 saturated heterocycles. The summed E-state index contributed by atoms with van der Waals surface area (Å²) in [5.41, 5.74) is 1.84. The summed E-state index contributed by atoms with van der Waals surface area (Å²) in [5.74, 6) is 0. The molecule has 90 valence electrons. The fraction of sp³-hybridized carbons (Fsp3) is 0.571. The summed E-state index contributed by atoms with van der Waals surface area (Å²) in [6.45, 7) is 5.41. The van der Waals surface area contributed by atoms with Gasteiger partial charge in [-0.15, -0.1) is 0 Å². The van der Waals surface area contributed by atoms with Crippen molar-refractivity contribution in [2.45, 2.75) is 19.4 Å². The summed E-state index contributed by atoms with van der Waals surface area (Å²) in [6.07, 6.45) is 2.51. The van der Waals surface area contributed by atoms with Gasteiger partial charge in [-0.3, -0.25) is 4.90 Å². The molecule has 1 aromatic rings. The van der Waals surface area contributed by atoms with Crippen molar-refractivity contribution in [3.8, 4) is 0 Å². The largest absolute Gasteiger partial charge is 0.299 e. The highest BCUT2D eigenvalue weighted by atomic mass is 15.2. The summed E-state index contributed by atoms with van der Waals surface area (Å²) in [5, 5.41) is 8.35. The van der Waals surface area contributed by atoms with Gasteiger partial charge in [-0.05, 0) is 31.5 Å². The van der Waals surface area contributed by atoms with E-state index in [1.54, 1.807) is 0 Å². The van der Waals surface area contributed by atoms with Crippen LogP contribution in [-0.2, 0) is 6.54 Å². The van der Waals surface area contributed by atoms with E-state index in [9.17, 15) is 0 Å². The van der Waals surface area contributed by atoms with E-state index in [0.29, 0.717) is 5.41 Å². The predicted molar refractivity (Wildman–Crippen MR) is 68.0 cm³/mol. The van der Waals surface area contributed by atoms with Crippen LogP contribution < -0.4 is 0 Å². The van der Waals surface area contributed by atoms with Crippen LogP contribution >= 0.6 is 0 Å². The van der Waals surface area contributed by atoms with E-state index in [-0.39, 0.29) is 0 Å². The van der Waals surface area contributed by atoms with Crippen LogP contribution in [0.3, 0.4) is 0 Å². The highest BCUT2D eigenvalue weighted by molar-refractivity contribution is 5.14. The molecule has 1 aromatic carbocycles. The molecule has 0 aliphatic carbocycles. The molecule has 2 aliphatic heterocycles. The van der Waals surface area contributed by atoms with Crippen LogP contribution in [0.1, 0.15) is 18.4 Å². The SMILES string of the molecule is c1ccc(CN2CCC3(CC2)CN=NC3)cc1. The van der Waals surface area contributed by atoms with E-state index in [1.807, 2.05) is 0 Å². The number of nitrogens with zero attached hydrogens (tertiary/aromatic N) is 3. The molecule has 0 radical (unpaired) electrons. The Balaban J connectivity index is 1.55. The zero-order valence-electron chi connectivity index (χ0n) is 10.2. The molecule has 3 rings (SSSR count). The van der Waals surface area contributed by atoms with Gasteiger partial charge in [-0.25, -0.2) is 0 Å². The number of hydrogen-bond donors (Lipinski definition) is 0. The molecule has 3 nitrogen and oxygen atoms in total. The molecule has 0 N–H and O–H groups in total. The minimum absolute atomic E-state index is 0.424. The van der Waals surface area contributed by atoms with Gasteiger partial charge in [0, 0.05) is 12.0 Å². The lowest BCUT2D eigenvalue weighted by molar-refractivity contribution is 0.121. The molecule has 1 fully saturated rings. The van der Waals surface area contributed by atoms with Crippen molar-refractivity contribution in [2.75, 3.05) is 26.2 Å². The first-order valence-corrected chi connectivity index (χ1v) is 6.46. The Labute approximate surface area is 103 Å². The van der Waals surface area contributed by atoms with Crippen LogP contribution in [0.2, 0.25) is 0 Å². The fourth-order valence-electron chi connectivity index (χ4n) is 2.79. The number of rotatable bonds is 2. The molecule has 0 saturated carbocycles. The van der Waals surface area contributed by atoms with Gasteiger partial charge in [0.2, 0.25) is 0 Å². The number of piperidine rings is 1. The average Bonchev–Trinajstić information content (AvgIpc) is 2.83. The summed E-state index contributed by atoms with van der Waals surface area (Å²) in [7, 11) is 0. The molecular formula is C14H19N3. The number of likely N-dealkylation sites (tertiary alicyclic amines) is 1. The van der Waals surface area contributed by atoms with E-state index in [1.165, 1.54) is 31.5 Å². The van der Waals surface area contributed by atoms with Crippen molar-refractivity contribution in [1.82, 2.24) is 4.90 Å². The zero-order chi connectivity index (χ0) is 11.6. The first kappa shape index (κ1) is 10.9. The van der Waals surface area contributed by atoms with Crippen LogP contribution in [0, 0.1) is 5.41 Å². The van der Waals surface area contributed by atoms with Gasteiger partial charge in [0.1, 0.15) is 0 Å². The van der Waals surface area contributed by atoms with E-state index >= 15 is 0 Å². The van der Waals surface area contributed by atoms with Gasteiger partial charge >= 0.3 is 0 Å². The molecule has 2 heterocycles. The summed E-state index contributed by atoms with van der Waals surface area (Å²) < 4.78 is 0. The zero-order valence-corrected chi connectivity index (χ0v) is 10.2. The Hall–Kier alpha value is -1.22. The van der Waals surface area contributed by atoms with Crippen molar-refractivity contribution >= 4 is 0 Å². The van der Waals surface area contributed by atoms with Gasteiger partial charge in [-0.1, -0.05) is 30.3 Å². The molecule has 0 bridgehead atoms. The van der Waals surface area contributed by atoms with E-state index in [4.69, 9.17) is 0 Å². The topological polar surface area (TPSA) is 28.0 Å². The van der Waals surface area contributed by atoms with Crippen LogP contribution in [0.25, 0.3) is 0 Å². The van der Waals surface area contributed by atoms with Crippen molar-refractivity contribution < 1.29 is 0 Å². The average molecular weight is 229 g/mol. The maximum absolute atomic E-state index is 4.18. The summed E-state index contributed by atoms with van der Waals surface area (Å²) >= 11 is 0. The third kappa shape index (κ3) is 2.39. The minimum Gasteiger partial charge on any atom is -0.299 e. The number of benzene rings is 1. The van der Waals surface area contributed by atoms with Crippen molar-refractivity contribution in [3.63, 3.8) is 0 Å². The van der Waals surface area contributed by atoms with E-state index < -0.39 is 0 Å². The standard InChI is InChI=1S/C14H19N3/c1-2-4-13(5-3-1)10-17-8-6-14(7-9-17)11-15-16-12-14/h1-5H,6-12H2. The summed E-state index contributed by atoms with van der Waals surface area (Å²) in [4.78, 5) is 2.55. The van der Waals surface area contributed by atoms with Gasteiger partial charge in [0.15, 0.2) is 0 Å². The number of hydrogen-bond acceptors (Lipinski definition) is 3. The first-order valence-electron chi connectivity index (χ1n) is 6.46. The third-order valence-electron chi connectivity index (χ3n) is 4.08. The highest BCUT2D eigenvalue weighted by Gasteiger charge is 2.36. The maximum atomic E-state index is 4.18. The molecular weight excluding hydrogens is 210 g/mol. The van der Waals surface area contributed by atoms with Crippen LogP contribution in [0.4, 0.5) is 0 Å². The second-order valence-corrected chi connectivity index (χ2v) is 5.36. The quantitative estimate of drug-likeness (QED) is 0.766. The van der Waals surface area contributed by atoms with Gasteiger partial charge in [0.05, 0.1) is 13.1 Å². The first-order chi connectivity index (χ1) is 8.36. The predicted octanol–water partition coefficient (Wildman–Crippen LogP) is 2.73. The summed E-state index contributed by atoms with van der Waals surface area (Å²) in [6, 6.07) is 10.7. The van der Waals surface area contributed by atoms with Crippen molar-refractivity contribution in [3.05, 3.63) is 35.9 Å². The monoisotopic (exact) mass is 229 g/mol. The Bertz CT molecular complexity index is 381. The van der Waals surface area contributed by atoms with E-state index in [2.05, 4.69) is 45.5 Å². The Kier molecular flexibility index (Phi) is 2.93. The molecule has 0 unspecified atom stereocenters. The third-order valence-corrected chi connectivity index (χ3v) is 4.08. The lowest BCUT2D eigenvalue weighted by Gasteiger charge is -2.37. The molecule has 0 amide bonds. The second-order valence-electron chi connectivity index (χ2n) is 5.36. The number of azo groups is 1. The Morgan fingerprint density at radius 2 is 1.65 bits per heavy atom. The van der Waals surface area contributed by atoms with Gasteiger partial charge in [-0.2, -0.15) is 10.2 Å². The fourth-order valence-corrected chi connectivity index (χ4v) is 2.79. The maximum Gasteiger partial charge on any atom is 0.0674 e. The lowest BCUT2D eigenvalue weighted by atomic mass is 9.79. The molecule has 0 atom stereocenters. The van der Waals surface area contributed by atoms with Gasteiger partial charge in [0.25, 0.3) is 0 Å². The van der Waals surface area contributed by atoms with Crippen LogP contribution in [-0.4, -0.2) is 31.1 Å². The van der Waals surface area contributed by atoms with Crippen molar-refractivity contribution in [1.29, 1.82) is 0 Å². The Morgan fingerprint density at radius 3 is 2.29 bits per heavy atom. The minimum atomic E-state index is 0.424. The lowest BCUT2D eigenvalue weighted by Crippen LogP contribution is -2.41. The Morgan fingerprint density at radius 1 is 1.00 bits per heavy atom. The second kappa shape index (κ2) is 4.57. The molecule has 0 aromatic heterocycles. The molecule has 17 heavy (non-hydrogen) atoms. The highest BCUT2D eigenvalue weighted by Crippen LogP contribution is 2.35. The van der Waals surface area contributed by atoms with Gasteiger partial charge < -0.3 is 0 Å². The van der Waals surface area contributed by atoms with Crippen LogP contribution in [0.5, 0.6) is 0 Å². The molecule has 3 heteroatoms. The molecule has 1 spiro atoms. The molecule has 2 aliphatic rings. The normalized spacial score (nSPS) is 23.3. The van der Waals surface area contributed by atoms with Crippen molar-refractivity contribution in [2.24, 2.45) is 15.6 Å².